The van der Waals surface area contributed by atoms with E-state index in [2.05, 4.69) is 11.8 Å². The Hall–Kier alpha value is -0.0800. The average molecular weight is 171 g/mol. The first-order valence-corrected chi connectivity index (χ1v) is 4.89. The van der Waals surface area contributed by atoms with Crippen LogP contribution in [0.25, 0.3) is 0 Å². The molecule has 0 aromatic carbocycles. The van der Waals surface area contributed by atoms with Gasteiger partial charge in [0.25, 0.3) is 0 Å². The lowest BCUT2D eigenvalue weighted by Crippen LogP contribution is -2.42. The van der Waals surface area contributed by atoms with Gasteiger partial charge in [0.2, 0.25) is 0 Å². The van der Waals surface area contributed by atoms with Crippen molar-refractivity contribution in [2.75, 3.05) is 20.6 Å². The molecule has 0 radical (unpaired) electrons. The van der Waals surface area contributed by atoms with E-state index < -0.39 is 5.60 Å². The molecule has 0 heterocycles. The maximum atomic E-state index is 10.1. The average Bonchev–Trinajstić information content (AvgIpc) is 1.94. The molecule has 2 nitrogen and oxygen atoms in total. The Labute approximate surface area is 75.6 Å². The van der Waals surface area contributed by atoms with Gasteiger partial charge in [-0.05, 0) is 45.7 Å². The summed E-state index contributed by atoms with van der Waals surface area (Å²) in [6, 6.07) is 0. The monoisotopic (exact) mass is 171 g/mol. The third-order valence-corrected chi connectivity index (χ3v) is 2.82. The van der Waals surface area contributed by atoms with Gasteiger partial charge in [-0.15, -0.1) is 0 Å². The van der Waals surface area contributed by atoms with E-state index in [0.717, 1.165) is 25.3 Å². The minimum absolute atomic E-state index is 0.393. The fourth-order valence-corrected chi connectivity index (χ4v) is 2.05. The Morgan fingerprint density at radius 2 is 1.83 bits per heavy atom. The van der Waals surface area contributed by atoms with E-state index >= 15 is 0 Å². The molecule has 72 valence electrons. The maximum Gasteiger partial charge on any atom is 0.0774 e. The van der Waals surface area contributed by atoms with Crippen molar-refractivity contribution in [3.63, 3.8) is 0 Å². The topological polar surface area (TPSA) is 23.5 Å². The molecule has 1 saturated carbocycles. The molecule has 12 heavy (non-hydrogen) atoms. The zero-order valence-electron chi connectivity index (χ0n) is 8.51. The van der Waals surface area contributed by atoms with E-state index in [1.165, 1.54) is 12.8 Å². The first kappa shape index (κ1) is 10.0. The molecule has 1 aliphatic carbocycles. The van der Waals surface area contributed by atoms with Crippen molar-refractivity contribution in [3.8, 4) is 0 Å². The lowest BCUT2D eigenvalue weighted by molar-refractivity contribution is -0.0257. The van der Waals surface area contributed by atoms with Crippen molar-refractivity contribution < 1.29 is 5.11 Å². The minimum atomic E-state index is -0.393. The third kappa shape index (κ3) is 2.76. The summed E-state index contributed by atoms with van der Waals surface area (Å²) in [7, 11) is 4.05. The zero-order chi connectivity index (χ0) is 9.19. The van der Waals surface area contributed by atoms with Gasteiger partial charge in [0.1, 0.15) is 0 Å². The SMILES string of the molecule is CC1CCC(O)(CN(C)C)CC1. The molecule has 0 unspecified atom stereocenters. The fourth-order valence-electron chi connectivity index (χ4n) is 2.05. The van der Waals surface area contributed by atoms with E-state index in [9.17, 15) is 5.11 Å². The Morgan fingerprint density at radius 3 is 2.25 bits per heavy atom. The van der Waals surface area contributed by atoms with Gasteiger partial charge in [0, 0.05) is 6.54 Å². The Morgan fingerprint density at radius 1 is 1.33 bits per heavy atom. The van der Waals surface area contributed by atoms with Gasteiger partial charge in [0.05, 0.1) is 5.60 Å². The summed E-state index contributed by atoms with van der Waals surface area (Å²) in [4.78, 5) is 2.08. The summed E-state index contributed by atoms with van der Waals surface area (Å²) >= 11 is 0. The molecule has 1 fully saturated rings. The van der Waals surface area contributed by atoms with Crippen LogP contribution in [-0.2, 0) is 0 Å². The predicted molar refractivity (Wildman–Crippen MR) is 51.1 cm³/mol. The summed E-state index contributed by atoms with van der Waals surface area (Å²) < 4.78 is 0. The summed E-state index contributed by atoms with van der Waals surface area (Å²) in [6.45, 7) is 3.09. The van der Waals surface area contributed by atoms with E-state index in [-0.39, 0.29) is 0 Å². The van der Waals surface area contributed by atoms with Crippen LogP contribution in [0.15, 0.2) is 0 Å². The van der Waals surface area contributed by atoms with E-state index in [1.54, 1.807) is 0 Å². The molecule has 1 N–H and O–H groups in total. The molecular weight excluding hydrogens is 150 g/mol. The molecule has 0 amide bonds. The van der Waals surface area contributed by atoms with Gasteiger partial charge in [-0.1, -0.05) is 6.92 Å². The van der Waals surface area contributed by atoms with Crippen LogP contribution >= 0.6 is 0 Å². The van der Waals surface area contributed by atoms with Crippen LogP contribution in [0.2, 0.25) is 0 Å². The van der Waals surface area contributed by atoms with Crippen LogP contribution < -0.4 is 0 Å². The van der Waals surface area contributed by atoms with E-state index in [4.69, 9.17) is 0 Å². The number of nitrogens with zero attached hydrogens (tertiary/aromatic N) is 1. The van der Waals surface area contributed by atoms with Gasteiger partial charge in [0.15, 0.2) is 0 Å². The summed E-state index contributed by atoms with van der Waals surface area (Å²) in [5.74, 6) is 0.812. The largest absolute Gasteiger partial charge is 0.389 e. The fraction of sp³-hybridized carbons (Fsp3) is 1.00. The van der Waals surface area contributed by atoms with Crippen molar-refractivity contribution in [1.82, 2.24) is 4.90 Å². The lowest BCUT2D eigenvalue weighted by atomic mass is 9.79. The molecule has 0 aliphatic heterocycles. The van der Waals surface area contributed by atoms with Gasteiger partial charge in [-0.25, -0.2) is 0 Å². The first-order valence-electron chi connectivity index (χ1n) is 4.89. The van der Waals surface area contributed by atoms with Crippen LogP contribution in [0.1, 0.15) is 32.6 Å². The highest BCUT2D eigenvalue weighted by molar-refractivity contribution is 4.86. The minimum Gasteiger partial charge on any atom is -0.389 e. The molecule has 0 saturated heterocycles. The van der Waals surface area contributed by atoms with E-state index in [0.29, 0.717) is 0 Å². The van der Waals surface area contributed by atoms with Crippen LogP contribution in [0.3, 0.4) is 0 Å². The summed E-state index contributed by atoms with van der Waals surface area (Å²) in [5.41, 5.74) is -0.393. The molecular formula is C10H21NO. The molecule has 1 aliphatic rings. The maximum absolute atomic E-state index is 10.1. The normalized spacial score (nSPS) is 37.2. The zero-order valence-corrected chi connectivity index (χ0v) is 8.51. The Balaban J connectivity index is 2.39. The Kier molecular flexibility index (Phi) is 3.13. The highest BCUT2D eigenvalue weighted by Gasteiger charge is 2.31. The van der Waals surface area contributed by atoms with Crippen LogP contribution in [0, 0.1) is 5.92 Å². The first-order chi connectivity index (χ1) is 5.52. The standard InChI is InChI=1S/C10H21NO/c1-9-4-6-10(12,7-5-9)8-11(2)3/h9,12H,4-8H2,1-3H3. The number of likely N-dealkylation sites (N-methyl/N-ethyl adjacent to an activating group) is 1. The highest BCUT2D eigenvalue weighted by atomic mass is 16.3. The highest BCUT2D eigenvalue weighted by Crippen LogP contribution is 2.31. The van der Waals surface area contributed by atoms with Crippen LogP contribution in [-0.4, -0.2) is 36.2 Å². The second-order valence-electron chi connectivity index (χ2n) is 4.64. The number of aliphatic hydroxyl groups is 1. The van der Waals surface area contributed by atoms with Crippen molar-refractivity contribution in [3.05, 3.63) is 0 Å². The van der Waals surface area contributed by atoms with Crippen molar-refractivity contribution in [2.24, 2.45) is 5.92 Å². The molecule has 0 aromatic heterocycles. The summed E-state index contributed by atoms with van der Waals surface area (Å²) in [5, 5.41) is 10.1. The molecule has 0 spiro atoms. The second-order valence-corrected chi connectivity index (χ2v) is 4.64. The van der Waals surface area contributed by atoms with Crippen LogP contribution in [0.5, 0.6) is 0 Å². The van der Waals surface area contributed by atoms with Crippen molar-refractivity contribution in [1.29, 1.82) is 0 Å². The quantitative estimate of drug-likeness (QED) is 0.680. The van der Waals surface area contributed by atoms with Gasteiger partial charge >= 0.3 is 0 Å². The number of hydrogen-bond acceptors (Lipinski definition) is 2. The van der Waals surface area contributed by atoms with Crippen molar-refractivity contribution in [2.45, 2.75) is 38.2 Å². The van der Waals surface area contributed by atoms with Crippen molar-refractivity contribution >= 4 is 0 Å². The number of hydrogen-bond donors (Lipinski definition) is 1. The van der Waals surface area contributed by atoms with Gasteiger partial charge < -0.3 is 10.0 Å². The Bertz CT molecular complexity index is 137. The molecule has 0 bridgehead atoms. The van der Waals surface area contributed by atoms with Gasteiger partial charge in [-0.2, -0.15) is 0 Å². The van der Waals surface area contributed by atoms with Crippen LogP contribution in [0.4, 0.5) is 0 Å². The predicted octanol–water partition coefficient (Wildman–Crippen LogP) is 1.49. The molecule has 2 heteroatoms. The third-order valence-electron chi connectivity index (χ3n) is 2.82. The van der Waals surface area contributed by atoms with Gasteiger partial charge in [-0.3, -0.25) is 0 Å². The second kappa shape index (κ2) is 3.75. The lowest BCUT2D eigenvalue weighted by Gasteiger charge is -2.36. The molecule has 1 rings (SSSR count). The van der Waals surface area contributed by atoms with E-state index in [1.807, 2.05) is 14.1 Å². The molecule has 0 atom stereocenters. The summed E-state index contributed by atoms with van der Waals surface area (Å²) in [6.07, 6.45) is 4.33. The molecule has 0 aromatic rings. The number of rotatable bonds is 2. The smallest absolute Gasteiger partial charge is 0.0774 e.